The van der Waals surface area contributed by atoms with E-state index in [0.29, 0.717) is 6.10 Å². The lowest BCUT2D eigenvalue weighted by atomic mass is 9.98. The van der Waals surface area contributed by atoms with Gasteiger partial charge in [0.05, 0.1) is 6.10 Å². The molecule has 0 amide bonds. The molecule has 1 saturated carbocycles. The lowest BCUT2D eigenvalue weighted by Crippen LogP contribution is -2.17. The molecular weight excluding hydrogens is 196 g/mol. The molecular formula is C15H21O. The highest BCUT2D eigenvalue weighted by Gasteiger charge is 2.12. The van der Waals surface area contributed by atoms with Crippen LogP contribution in [0.2, 0.25) is 0 Å². The van der Waals surface area contributed by atoms with E-state index in [4.69, 9.17) is 4.74 Å². The SMILES string of the molecule is [c]1ccc(CCCOC2CCCCC2)cc1. The van der Waals surface area contributed by atoms with Gasteiger partial charge in [0.2, 0.25) is 0 Å². The third kappa shape index (κ3) is 3.97. The first-order chi connectivity index (χ1) is 7.95. The maximum atomic E-state index is 5.90. The third-order valence-corrected chi connectivity index (χ3v) is 3.30. The van der Waals surface area contributed by atoms with Crippen LogP contribution in [-0.2, 0) is 11.2 Å². The Morgan fingerprint density at radius 1 is 1.12 bits per heavy atom. The van der Waals surface area contributed by atoms with Gasteiger partial charge in [-0.25, -0.2) is 0 Å². The van der Waals surface area contributed by atoms with Gasteiger partial charge >= 0.3 is 0 Å². The molecule has 1 aliphatic rings. The van der Waals surface area contributed by atoms with E-state index in [2.05, 4.69) is 18.2 Å². The Balaban J connectivity index is 1.58. The van der Waals surface area contributed by atoms with E-state index in [0.717, 1.165) is 19.4 Å². The van der Waals surface area contributed by atoms with Gasteiger partial charge in [-0.05, 0) is 37.3 Å². The third-order valence-electron chi connectivity index (χ3n) is 3.30. The van der Waals surface area contributed by atoms with E-state index in [9.17, 15) is 0 Å². The molecule has 1 aliphatic carbocycles. The summed E-state index contributed by atoms with van der Waals surface area (Å²) in [6.45, 7) is 0.920. The van der Waals surface area contributed by atoms with Crippen LogP contribution >= 0.6 is 0 Å². The van der Waals surface area contributed by atoms with Crippen molar-refractivity contribution in [3.63, 3.8) is 0 Å². The van der Waals surface area contributed by atoms with Gasteiger partial charge in [-0.1, -0.05) is 43.5 Å². The van der Waals surface area contributed by atoms with Crippen LogP contribution in [0.4, 0.5) is 0 Å². The number of rotatable bonds is 5. The van der Waals surface area contributed by atoms with Crippen LogP contribution in [-0.4, -0.2) is 12.7 Å². The molecule has 0 atom stereocenters. The summed E-state index contributed by atoms with van der Waals surface area (Å²) in [4.78, 5) is 0. The van der Waals surface area contributed by atoms with Crippen LogP contribution in [0.1, 0.15) is 44.1 Å². The van der Waals surface area contributed by atoms with Gasteiger partial charge in [0.25, 0.3) is 0 Å². The first kappa shape index (κ1) is 11.7. The molecule has 0 aliphatic heterocycles. The normalized spacial score (nSPS) is 17.5. The summed E-state index contributed by atoms with van der Waals surface area (Å²) in [6, 6.07) is 11.3. The second-order valence-electron chi connectivity index (χ2n) is 4.64. The van der Waals surface area contributed by atoms with Crippen molar-refractivity contribution in [2.45, 2.75) is 51.0 Å². The van der Waals surface area contributed by atoms with Gasteiger partial charge < -0.3 is 4.74 Å². The molecule has 1 aromatic carbocycles. The Labute approximate surface area is 98.8 Å². The minimum absolute atomic E-state index is 0.554. The first-order valence-corrected chi connectivity index (χ1v) is 6.52. The van der Waals surface area contributed by atoms with Crippen molar-refractivity contribution >= 4 is 0 Å². The summed E-state index contributed by atoms with van der Waals surface area (Å²) >= 11 is 0. The Morgan fingerprint density at radius 3 is 2.62 bits per heavy atom. The van der Waals surface area contributed by atoms with Crippen molar-refractivity contribution in [2.24, 2.45) is 0 Å². The quantitative estimate of drug-likeness (QED) is 0.682. The van der Waals surface area contributed by atoms with Crippen LogP contribution in [0.15, 0.2) is 24.3 Å². The highest BCUT2D eigenvalue weighted by atomic mass is 16.5. The van der Waals surface area contributed by atoms with Crippen LogP contribution < -0.4 is 0 Å². The summed E-state index contributed by atoms with van der Waals surface area (Å²) in [7, 11) is 0. The number of ether oxygens (including phenoxy) is 1. The van der Waals surface area contributed by atoms with Gasteiger partial charge in [0.15, 0.2) is 0 Å². The average molecular weight is 217 g/mol. The molecule has 0 bridgehead atoms. The van der Waals surface area contributed by atoms with Gasteiger partial charge in [-0.3, -0.25) is 0 Å². The fraction of sp³-hybridized carbons (Fsp3) is 0.600. The highest BCUT2D eigenvalue weighted by molar-refractivity contribution is 5.13. The van der Waals surface area contributed by atoms with Crippen LogP contribution in [0.5, 0.6) is 0 Å². The molecule has 0 aromatic heterocycles. The van der Waals surface area contributed by atoms with E-state index in [1.807, 2.05) is 12.1 Å². The average Bonchev–Trinajstić information content (AvgIpc) is 2.37. The summed E-state index contributed by atoms with van der Waals surface area (Å²) in [5.41, 5.74) is 1.39. The molecule has 0 spiro atoms. The zero-order valence-corrected chi connectivity index (χ0v) is 9.95. The number of hydrogen-bond donors (Lipinski definition) is 0. The molecule has 1 heteroatoms. The molecule has 1 radical (unpaired) electrons. The fourth-order valence-corrected chi connectivity index (χ4v) is 2.35. The number of hydrogen-bond acceptors (Lipinski definition) is 1. The summed E-state index contributed by atoms with van der Waals surface area (Å²) in [6.07, 6.45) is 9.50. The molecule has 0 heterocycles. The van der Waals surface area contributed by atoms with Crippen LogP contribution in [0.25, 0.3) is 0 Å². The van der Waals surface area contributed by atoms with Crippen LogP contribution in [0.3, 0.4) is 0 Å². The Morgan fingerprint density at radius 2 is 1.88 bits per heavy atom. The second-order valence-corrected chi connectivity index (χ2v) is 4.64. The van der Waals surface area contributed by atoms with Crippen molar-refractivity contribution in [1.29, 1.82) is 0 Å². The van der Waals surface area contributed by atoms with E-state index in [-0.39, 0.29) is 0 Å². The van der Waals surface area contributed by atoms with Crippen molar-refractivity contribution in [3.8, 4) is 0 Å². The molecule has 1 fully saturated rings. The summed E-state index contributed by atoms with van der Waals surface area (Å²) in [5.74, 6) is 0. The molecule has 16 heavy (non-hydrogen) atoms. The fourth-order valence-electron chi connectivity index (χ4n) is 2.35. The van der Waals surface area contributed by atoms with Gasteiger partial charge in [-0.2, -0.15) is 0 Å². The zero-order chi connectivity index (χ0) is 11.1. The first-order valence-electron chi connectivity index (χ1n) is 6.52. The lowest BCUT2D eigenvalue weighted by molar-refractivity contribution is 0.0273. The molecule has 0 N–H and O–H groups in total. The Hall–Kier alpha value is -0.820. The van der Waals surface area contributed by atoms with E-state index in [1.165, 1.54) is 37.7 Å². The van der Waals surface area contributed by atoms with Gasteiger partial charge in [-0.15, -0.1) is 0 Å². The number of aryl methyl sites for hydroxylation is 1. The minimum Gasteiger partial charge on any atom is -0.378 e. The zero-order valence-electron chi connectivity index (χ0n) is 9.95. The summed E-state index contributed by atoms with van der Waals surface area (Å²) in [5, 5.41) is 0. The van der Waals surface area contributed by atoms with Gasteiger partial charge in [0.1, 0.15) is 0 Å². The molecule has 2 rings (SSSR count). The maximum Gasteiger partial charge on any atom is 0.0575 e. The molecule has 0 unspecified atom stereocenters. The topological polar surface area (TPSA) is 9.23 Å². The molecule has 1 aromatic rings. The molecule has 1 nitrogen and oxygen atoms in total. The Bertz CT molecular complexity index is 275. The molecule has 87 valence electrons. The van der Waals surface area contributed by atoms with Crippen molar-refractivity contribution < 1.29 is 4.74 Å². The van der Waals surface area contributed by atoms with E-state index >= 15 is 0 Å². The van der Waals surface area contributed by atoms with E-state index in [1.54, 1.807) is 0 Å². The molecule has 0 saturated heterocycles. The number of benzene rings is 1. The smallest absolute Gasteiger partial charge is 0.0575 e. The predicted molar refractivity (Wildman–Crippen MR) is 66.4 cm³/mol. The summed E-state index contributed by atoms with van der Waals surface area (Å²) < 4.78 is 5.90. The van der Waals surface area contributed by atoms with Crippen LogP contribution in [0, 0.1) is 6.07 Å². The van der Waals surface area contributed by atoms with Gasteiger partial charge in [0, 0.05) is 6.61 Å². The predicted octanol–water partition coefficient (Wildman–Crippen LogP) is 3.77. The Kier molecular flexibility index (Phi) is 4.88. The largest absolute Gasteiger partial charge is 0.378 e. The van der Waals surface area contributed by atoms with Crippen molar-refractivity contribution in [3.05, 3.63) is 35.9 Å². The lowest BCUT2D eigenvalue weighted by Gasteiger charge is -2.21. The second kappa shape index (κ2) is 6.70. The highest BCUT2D eigenvalue weighted by Crippen LogP contribution is 2.20. The maximum absolute atomic E-state index is 5.90. The van der Waals surface area contributed by atoms with Crippen molar-refractivity contribution in [2.75, 3.05) is 6.61 Å². The monoisotopic (exact) mass is 217 g/mol. The minimum atomic E-state index is 0.554. The van der Waals surface area contributed by atoms with Crippen molar-refractivity contribution in [1.82, 2.24) is 0 Å². The van der Waals surface area contributed by atoms with E-state index < -0.39 is 0 Å². The standard InChI is InChI=1S/C15H21O/c1-3-8-14(9-4-1)10-7-13-16-15-11-5-2-6-12-15/h3-4,8-9,15H,2,5-7,10-13H2.